The van der Waals surface area contributed by atoms with Crippen LogP contribution >= 0.6 is 0 Å². The average molecular weight is 174 g/mol. The quantitative estimate of drug-likeness (QED) is 0.683. The molecule has 68 valence electrons. The fourth-order valence-electron chi connectivity index (χ4n) is 1.17. The minimum absolute atomic E-state index is 0.856. The van der Waals surface area contributed by atoms with Gasteiger partial charge in [0.05, 0.1) is 0 Å². The molecule has 0 amide bonds. The van der Waals surface area contributed by atoms with Crippen LogP contribution in [0.3, 0.4) is 0 Å². The average Bonchev–Trinajstić information content (AvgIpc) is 2.05. The van der Waals surface area contributed by atoms with Crippen molar-refractivity contribution in [3.05, 3.63) is 53.8 Å². The van der Waals surface area contributed by atoms with Gasteiger partial charge in [0.25, 0.3) is 0 Å². The Kier molecular flexibility index (Phi) is 2.72. The van der Waals surface area contributed by atoms with Gasteiger partial charge in [0.1, 0.15) is 5.60 Å². The predicted octanol–water partition coefficient (Wildman–Crippen LogP) is 2.54. The molecule has 0 radical (unpaired) electrons. The second-order valence-corrected chi connectivity index (χ2v) is 3.36. The van der Waals surface area contributed by atoms with Crippen LogP contribution < -0.4 is 0 Å². The minimum atomic E-state index is -0.963. The maximum absolute atomic E-state index is 9.92. The van der Waals surface area contributed by atoms with E-state index >= 15 is 0 Å². The largest absolute Gasteiger partial charge is 0.381 e. The molecule has 0 spiro atoms. The van der Waals surface area contributed by atoms with Crippen LogP contribution in [0, 0.1) is 6.92 Å². The van der Waals surface area contributed by atoms with Crippen molar-refractivity contribution in [1.82, 2.24) is 0 Å². The number of benzene rings is 1. The molecule has 1 aromatic carbocycles. The molecule has 0 saturated carbocycles. The molecule has 1 atom stereocenters. The Bertz CT molecular complexity index is 327. The maximum atomic E-state index is 9.92. The Morgan fingerprint density at radius 3 is 2.38 bits per heavy atom. The van der Waals surface area contributed by atoms with Crippen molar-refractivity contribution >= 4 is 0 Å². The smallest absolute Gasteiger partial charge is 0.112 e. The summed E-state index contributed by atoms with van der Waals surface area (Å²) in [5, 5.41) is 9.92. The van der Waals surface area contributed by atoms with Crippen LogP contribution in [0.4, 0.5) is 0 Å². The van der Waals surface area contributed by atoms with Gasteiger partial charge < -0.3 is 5.11 Å². The Morgan fingerprint density at radius 2 is 1.92 bits per heavy atom. The van der Waals surface area contributed by atoms with Gasteiger partial charge in [0.15, 0.2) is 0 Å². The topological polar surface area (TPSA) is 20.2 Å². The van der Waals surface area contributed by atoms with Crippen LogP contribution in [0.5, 0.6) is 0 Å². The third kappa shape index (κ3) is 2.32. The Labute approximate surface area is 79.0 Å². The molecule has 0 heterocycles. The van der Waals surface area contributed by atoms with Crippen molar-refractivity contribution in [2.45, 2.75) is 19.4 Å². The summed E-state index contributed by atoms with van der Waals surface area (Å²) in [7, 11) is 0. The Morgan fingerprint density at radius 1 is 1.38 bits per heavy atom. The first-order chi connectivity index (χ1) is 6.06. The van der Waals surface area contributed by atoms with Gasteiger partial charge in [-0.3, -0.25) is 0 Å². The maximum Gasteiger partial charge on any atom is 0.112 e. The molecule has 1 N–H and O–H groups in total. The molecule has 0 fully saturated rings. The monoisotopic (exact) mass is 174 g/mol. The van der Waals surface area contributed by atoms with E-state index in [2.05, 4.69) is 12.3 Å². The summed E-state index contributed by atoms with van der Waals surface area (Å²) < 4.78 is 0. The van der Waals surface area contributed by atoms with Crippen molar-refractivity contribution in [3.63, 3.8) is 0 Å². The van der Waals surface area contributed by atoms with Gasteiger partial charge in [-0.1, -0.05) is 36.4 Å². The second-order valence-electron chi connectivity index (χ2n) is 3.36. The van der Waals surface area contributed by atoms with E-state index in [-0.39, 0.29) is 0 Å². The molecule has 0 aliphatic carbocycles. The molecule has 13 heavy (non-hydrogen) atoms. The first-order valence-corrected chi connectivity index (χ1v) is 4.23. The van der Waals surface area contributed by atoms with Gasteiger partial charge in [0, 0.05) is 0 Å². The van der Waals surface area contributed by atoms with E-state index in [1.807, 2.05) is 31.2 Å². The van der Waals surface area contributed by atoms with Crippen molar-refractivity contribution in [3.8, 4) is 0 Å². The number of hydrogen-bond donors (Lipinski definition) is 1. The summed E-state index contributed by atoms with van der Waals surface area (Å²) >= 11 is 0. The molecule has 1 rings (SSSR count). The highest BCUT2D eigenvalue weighted by atomic mass is 16.3. The predicted molar refractivity (Wildman–Crippen MR) is 54.5 cm³/mol. The fraction of sp³-hybridized carbons (Fsp3) is 0.250. The van der Waals surface area contributed by atoms with Crippen LogP contribution in [0.1, 0.15) is 18.1 Å². The summed E-state index contributed by atoms with van der Waals surface area (Å²) in [5.41, 5.74) is 3.67. The summed E-state index contributed by atoms with van der Waals surface area (Å²) in [5.74, 6) is 0. The number of rotatable bonds is 2. The highest BCUT2D eigenvalue weighted by Crippen LogP contribution is 2.21. The van der Waals surface area contributed by atoms with Crippen LogP contribution in [0.15, 0.2) is 42.7 Å². The number of aryl methyl sites for hydroxylation is 1. The lowest BCUT2D eigenvalue weighted by Crippen LogP contribution is -2.16. The van der Waals surface area contributed by atoms with E-state index < -0.39 is 5.60 Å². The van der Waals surface area contributed by atoms with Crippen LogP contribution in [0.25, 0.3) is 0 Å². The van der Waals surface area contributed by atoms with E-state index in [4.69, 9.17) is 0 Å². The van der Waals surface area contributed by atoms with E-state index in [9.17, 15) is 5.11 Å². The standard InChI is InChI=1S/C12H14O/c1-4-9-12(3,13)11-7-5-10(2)6-8-11/h5-9,13H,1H2,2-3H3. The zero-order valence-electron chi connectivity index (χ0n) is 8.04. The Hall–Kier alpha value is -1.30. The summed E-state index contributed by atoms with van der Waals surface area (Å²) in [6, 6.07) is 7.76. The van der Waals surface area contributed by atoms with Crippen LogP contribution in [0.2, 0.25) is 0 Å². The summed E-state index contributed by atoms with van der Waals surface area (Å²) in [4.78, 5) is 0. The van der Waals surface area contributed by atoms with Crippen molar-refractivity contribution in [2.75, 3.05) is 0 Å². The Balaban J connectivity index is 3.07. The second kappa shape index (κ2) is 3.61. The van der Waals surface area contributed by atoms with E-state index in [1.165, 1.54) is 5.56 Å². The van der Waals surface area contributed by atoms with Gasteiger partial charge in [0.2, 0.25) is 0 Å². The molecule has 1 heteroatoms. The molecule has 0 aliphatic heterocycles. The van der Waals surface area contributed by atoms with Gasteiger partial charge in [-0.15, -0.1) is 5.73 Å². The van der Waals surface area contributed by atoms with Crippen LogP contribution in [-0.2, 0) is 5.60 Å². The molecule has 0 saturated heterocycles. The first kappa shape index (κ1) is 9.79. The third-order valence-corrected chi connectivity index (χ3v) is 2.02. The normalized spacial score (nSPS) is 14.4. The van der Waals surface area contributed by atoms with Gasteiger partial charge in [-0.05, 0) is 25.5 Å². The lowest BCUT2D eigenvalue weighted by atomic mass is 9.95. The van der Waals surface area contributed by atoms with E-state index in [1.54, 1.807) is 13.0 Å². The fourth-order valence-corrected chi connectivity index (χ4v) is 1.17. The lowest BCUT2D eigenvalue weighted by molar-refractivity contribution is 0.111. The molecule has 1 unspecified atom stereocenters. The first-order valence-electron chi connectivity index (χ1n) is 4.23. The number of aliphatic hydroxyl groups is 1. The molecule has 0 bridgehead atoms. The van der Waals surface area contributed by atoms with E-state index in [0.29, 0.717) is 0 Å². The van der Waals surface area contributed by atoms with Crippen molar-refractivity contribution in [2.24, 2.45) is 0 Å². The van der Waals surface area contributed by atoms with Crippen LogP contribution in [-0.4, -0.2) is 5.11 Å². The molecule has 1 aromatic rings. The third-order valence-electron chi connectivity index (χ3n) is 2.02. The van der Waals surface area contributed by atoms with E-state index in [0.717, 1.165) is 5.56 Å². The summed E-state index contributed by atoms with van der Waals surface area (Å²) in [6.07, 6.45) is 1.55. The van der Waals surface area contributed by atoms with Crippen molar-refractivity contribution < 1.29 is 5.11 Å². The van der Waals surface area contributed by atoms with Crippen molar-refractivity contribution in [1.29, 1.82) is 0 Å². The highest BCUT2D eigenvalue weighted by molar-refractivity contribution is 5.29. The molecular weight excluding hydrogens is 160 g/mol. The molecule has 0 aromatic heterocycles. The number of hydrogen-bond acceptors (Lipinski definition) is 1. The zero-order chi connectivity index (χ0) is 9.90. The van der Waals surface area contributed by atoms with Gasteiger partial charge >= 0.3 is 0 Å². The van der Waals surface area contributed by atoms with Gasteiger partial charge in [-0.2, -0.15) is 0 Å². The minimum Gasteiger partial charge on any atom is -0.381 e. The SMILES string of the molecule is C=C=CC(C)(O)c1ccc(C)cc1. The molecule has 1 nitrogen and oxygen atoms in total. The summed E-state index contributed by atoms with van der Waals surface area (Å²) in [6.45, 7) is 7.18. The van der Waals surface area contributed by atoms with Gasteiger partial charge in [-0.25, -0.2) is 0 Å². The highest BCUT2D eigenvalue weighted by Gasteiger charge is 2.18. The zero-order valence-corrected chi connectivity index (χ0v) is 8.04. The molecular formula is C12H14O. The lowest BCUT2D eigenvalue weighted by Gasteiger charge is -2.18. The molecule has 0 aliphatic rings.